The second-order valence-electron chi connectivity index (χ2n) is 6.63. The van der Waals surface area contributed by atoms with Crippen molar-refractivity contribution in [3.8, 4) is 0 Å². The minimum absolute atomic E-state index is 0.0925. The van der Waals surface area contributed by atoms with Gasteiger partial charge in [-0.2, -0.15) is 0 Å². The fourth-order valence-corrected chi connectivity index (χ4v) is 4.34. The maximum absolute atomic E-state index is 6.03. The van der Waals surface area contributed by atoms with Crippen molar-refractivity contribution in [2.75, 3.05) is 33.3 Å². The predicted octanol–water partition coefficient (Wildman–Crippen LogP) is 3.26. The Balaban J connectivity index is 1.59. The Morgan fingerprint density at radius 2 is 2.15 bits per heavy atom. The van der Waals surface area contributed by atoms with Crippen molar-refractivity contribution >= 4 is 17.3 Å². The quantitative estimate of drug-likeness (QED) is 0.661. The van der Waals surface area contributed by atoms with Crippen molar-refractivity contribution < 1.29 is 4.74 Å². The fourth-order valence-electron chi connectivity index (χ4n) is 3.40. The molecule has 140 valence electrons. The average molecular weight is 373 g/mol. The summed E-state index contributed by atoms with van der Waals surface area (Å²) >= 11 is 1.78. The molecule has 0 saturated carbocycles. The molecule has 1 aromatic carbocycles. The monoisotopic (exact) mass is 372 g/mol. The minimum atomic E-state index is 0.0925. The van der Waals surface area contributed by atoms with Crippen LogP contribution >= 0.6 is 11.3 Å². The topological polar surface area (TPSA) is 49.8 Å². The van der Waals surface area contributed by atoms with E-state index in [-0.39, 0.29) is 6.10 Å². The van der Waals surface area contributed by atoms with E-state index in [1.54, 1.807) is 11.3 Å². The molecule has 0 aliphatic carbocycles. The van der Waals surface area contributed by atoms with Crippen LogP contribution in [0.5, 0.6) is 0 Å². The molecule has 0 radical (unpaired) electrons. The largest absolute Gasteiger partial charge is 0.370 e. The van der Waals surface area contributed by atoms with Gasteiger partial charge < -0.3 is 15.0 Å². The van der Waals surface area contributed by atoms with Crippen LogP contribution in [0.1, 0.15) is 32.8 Å². The predicted molar refractivity (Wildman–Crippen MR) is 108 cm³/mol. The van der Waals surface area contributed by atoms with Crippen molar-refractivity contribution in [1.29, 1.82) is 0 Å². The van der Waals surface area contributed by atoms with Crippen LogP contribution in [-0.4, -0.2) is 49.1 Å². The van der Waals surface area contributed by atoms with E-state index < -0.39 is 0 Å². The molecule has 0 amide bonds. The lowest BCUT2D eigenvalue weighted by molar-refractivity contribution is -0.00829. The number of hydrogen-bond acceptors (Lipinski definition) is 4. The van der Waals surface area contributed by atoms with E-state index in [0.717, 1.165) is 42.7 Å². The van der Waals surface area contributed by atoms with E-state index in [9.17, 15) is 0 Å². The standard InChI is InChI=1S/C20H28N4OS/c1-14-7-5-6-8-17(14)18-13-24(11-12-25-18)20(21-4)22-10-9-19-15(2)23-16(3)26-19/h5-8,18H,9-13H2,1-4H3,(H,21,22). The smallest absolute Gasteiger partial charge is 0.193 e. The molecule has 3 rings (SSSR count). The van der Waals surface area contributed by atoms with Crippen LogP contribution in [0, 0.1) is 20.8 Å². The van der Waals surface area contributed by atoms with Gasteiger partial charge in [0.05, 0.1) is 23.9 Å². The summed E-state index contributed by atoms with van der Waals surface area (Å²) in [5.41, 5.74) is 3.69. The number of benzene rings is 1. The highest BCUT2D eigenvalue weighted by molar-refractivity contribution is 7.11. The molecule has 6 heteroatoms. The zero-order valence-corrected chi connectivity index (χ0v) is 16.9. The van der Waals surface area contributed by atoms with Crippen molar-refractivity contribution in [3.63, 3.8) is 0 Å². The van der Waals surface area contributed by atoms with Gasteiger partial charge in [-0.3, -0.25) is 4.99 Å². The van der Waals surface area contributed by atoms with Gasteiger partial charge in [0.15, 0.2) is 5.96 Å². The summed E-state index contributed by atoms with van der Waals surface area (Å²) in [7, 11) is 1.85. The number of rotatable bonds is 4. The summed E-state index contributed by atoms with van der Waals surface area (Å²) in [5.74, 6) is 0.950. The number of morpholine rings is 1. The number of nitrogens with zero attached hydrogens (tertiary/aromatic N) is 3. The Labute approximate surface area is 160 Å². The van der Waals surface area contributed by atoms with E-state index in [4.69, 9.17) is 4.74 Å². The zero-order chi connectivity index (χ0) is 18.5. The molecule has 26 heavy (non-hydrogen) atoms. The van der Waals surface area contributed by atoms with Gasteiger partial charge in [-0.05, 0) is 31.9 Å². The number of aryl methyl sites for hydroxylation is 3. The number of aromatic nitrogens is 1. The molecular weight excluding hydrogens is 344 g/mol. The van der Waals surface area contributed by atoms with Crippen LogP contribution in [0.4, 0.5) is 0 Å². The molecule has 1 aliphatic heterocycles. The third-order valence-electron chi connectivity index (χ3n) is 4.75. The van der Waals surface area contributed by atoms with Gasteiger partial charge in [0.1, 0.15) is 6.10 Å². The molecule has 1 aliphatic rings. The number of ether oxygens (including phenoxy) is 1. The van der Waals surface area contributed by atoms with Crippen molar-refractivity contribution in [3.05, 3.63) is 51.0 Å². The first-order chi connectivity index (χ1) is 12.6. The minimum Gasteiger partial charge on any atom is -0.370 e. The van der Waals surface area contributed by atoms with Crippen LogP contribution in [0.2, 0.25) is 0 Å². The molecular formula is C20H28N4OS. The molecule has 1 N–H and O–H groups in total. The van der Waals surface area contributed by atoms with Crippen molar-refractivity contribution in [2.24, 2.45) is 4.99 Å². The summed E-state index contributed by atoms with van der Waals surface area (Å²) in [4.78, 5) is 12.6. The van der Waals surface area contributed by atoms with Gasteiger partial charge in [0, 0.05) is 31.4 Å². The Hall–Kier alpha value is -1.92. The molecule has 1 unspecified atom stereocenters. The third kappa shape index (κ3) is 4.43. The second kappa shape index (κ2) is 8.64. The van der Waals surface area contributed by atoms with Crippen molar-refractivity contribution in [2.45, 2.75) is 33.3 Å². The number of guanidine groups is 1. The van der Waals surface area contributed by atoms with E-state index in [2.05, 4.69) is 65.2 Å². The van der Waals surface area contributed by atoms with E-state index in [0.29, 0.717) is 6.61 Å². The van der Waals surface area contributed by atoms with Crippen LogP contribution < -0.4 is 5.32 Å². The Morgan fingerprint density at radius 1 is 1.35 bits per heavy atom. The highest BCUT2D eigenvalue weighted by Crippen LogP contribution is 2.25. The lowest BCUT2D eigenvalue weighted by Crippen LogP contribution is -2.48. The average Bonchev–Trinajstić information content (AvgIpc) is 2.96. The Morgan fingerprint density at radius 3 is 2.85 bits per heavy atom. The SMILES string of the molecule is CN=C(NCCc1sc(C)nc1C)N1CCOC(c2ccccc2C)C1. The fraction of sp³-hybridized carbons (Fsp3) is 0.500. The van der Waals surface area contributed by atoms with Crippen LogP contribution in [0.25, 0.3) is 0 Å². The summed E-state index contributed by atoms with van der Waals surface area (Å²) in [6.07, 6.45) is 1.07. The molecule has 1 atom stereocenters. The number of thiazole rings is 1. The molecule has 1 fully saturated rings. The van der Waals surface area contributed by atoms with E-state index in [1.165, 1.54) is 16.0 Å². The molecule has 1 saturated heterocycles. The van der Waals surface area contributed by atoms with E-state index >= 15 is 0 Å². The molecule has 0 bridgehead atoms. The van der Waals surface area contributed by atoms with Gasteiger partial charge in [-0.15, -0.1) is 11.3 Å². The first-order valence-electron chi connectivity index (χ1n) is 9.14. The van der Waals surface area contributed by atoms with Crippen LogP contribution in [0.15, 0.2) is 29.3 Å². The summed E-state index contributed by atoms with van der Waals surface area (Å²) in [6, 6.07) is 8.46. The highest BCUT2D eigenvalue weighted by atomic mass is 32.1. The number of nitrogens with one attached hydrogen (secondary N) is 1. The maximum atomic E-state index is 6.03. The first-order valence-corrected chi connectivity index (χ1v) is 9.95. The van der Waals surface area contributed by atoms with Gasteiger partial charge in [0.2, 0.25) is 0 Å². The van der Waals surface area contributed by atoms with E-state index in [1.807, 2.05) is 7.05 Å². The summed E-state index contributed by atoms with van der Waals surface area (Å²) in [5, 5.41) is 4.65. The Bertz CT molecular complexity index is 771. The number of aliphatic imine (C=N–C) groups is 1. The van der Waals surface area contributed by atoms with Crippen LogP contribution in [-0.2, 0) is 11.2 Å². The van der Waals surface area contributed by atoms with Crippen LogP contribution in [0.3, 0.4) is 0 Å². The Kier molecular flexibility index (Phi) is 6.27. The van der Waals surface area contributed by atoms with Gasteiger partial charge in [-0.1, -0.05) is 24.3 Å². The van der Waals surface area contributed by atoms with Gasteiger partial charge in [0.25, 0.3) is 0 Å². The molecule has 5 nitrogen and oxygen atoms in total. The lowest BCUT2D eigenvalue weighted by Gasteiger charge is -2.35. The van der Waals surface area contributed by atoms with Gasteiger partial charge in [-0.25, -0.2) is 4.98 Å². The highest BCUT2D eigenvalue weighted by Gasteiger charge is 2.25. The molecule has 2 aromatic rings. The van der Waals surface area contributed by atoms with Crippen molar-refractivity contribution in [1.82, 2.24) is 15.2 Å². The maximum Gasteiger partial charge on any atom is 0.193 e. The summed E-state index contributed by atoms with van der Waals surface area (Å²) < 4.78 is 6.03. The first kappa shape index (κ1) is 18.9. The molecule has 0 spiro atoms. The second-order valence-corrected chi connectivity index (χ2v) is 7.92. The number of hydrogen-bond donors (Lipinski definition) is 1. The molecule has 2 heterocycles. The third-order valence-corrected chi connectivity index (χ3v) is 5.88. The normalized spacial score (nSPS) is 18.2. The zero-order valence-electron chi connectivity index (χ0n) is 16.1. The summed E-state index contributed by atoms with van der Waals surface area (Å²) in [6.45, 7) is 9.55. The lowest BCUT2D eigenvalue weighted by atomic mass is 10.0. The molecule has 1 aromatic heterocycles. The van der Waals surface area contributed by atoms with Gasteiger partial charge >= 0.3 is 0 Å².